The van der Waals surface area contributed by atoms with Gasteiger partial charge in [0, 0.05) is 32.7 Å². The molecule has 6 heteroatoms. The Morgan fingerprint density at radius 3 is 2.58 bits per heavy atom. The number of guanidine groups is 1. The summed E-state index contributed by atoms with van der Waals surface area (Å²) in [7, 11) is 3.53. The molecule has 1 fully saturated rings. The number of methoxy groups -OCH3 is 1. The van der Waals surface area contributed by atoms with E-state index in [1.54, 1.807) is 7.11 Å². The fourth-order valence-corrected chi connectivity index (χ4v) is 2.80. The Kier molecular flexibility index (Phi) is 10.1. The highest BCUT2D eigenvalue weighted by Crippen LogP contribution is 2.25. The third kappa shape index (κ3) is 6.84. The summed E-state index contributed by atoms with van der Waals surface area (Å²) in [5.41, 5.74) is 1.21. The summed E-state index contributed by atoms with van der Waals surface area (Å²) in [6.07, 6.45) is 3.63. The van der Waals surface area contributed by atoms with Crippen molar-refractivity contribution in [1.82, 2.24) is 15.5 Å². The van der Waals surface area contributed by atoms with Crippen LogP contribution in [-0.4, -0.2) is 57.2 Å². The van der Waals surface area contributed by atoms with Crippen molar-refractivity contribution in [3.63, 3.8) is 0 Å². The predicted molar refractivity (Wildman–Crippen MR) is 112 cm³/mol. The maximum absolute atomic E-state index is 5.38. The minimum Gasteiger partial charge on any atom is -0.496 e. The van der Waals surface area contributed by atoms with Crippen LogP contribution in [0.2, 0.25) is 0 Å². The van der Waals surface area contributed by atoms with Crippen LogP contribution in [-0.2, 0) is 6.42 Å². The Labute approximate surface area is 163 Å². The van der Waals surface area contributed by atoms with Crippen molar-refractivity contribution in [1.29, 1.82) is 0 Å². The molecule has 0 atom stereocenters. The maximum Gasteiger partial charge on any atom is 0.191 e. The molecule has 1 aromatic rings. The topological polar surface area (TPSA) is 48.9 Å². The monoisotopic (exact) mass is 446 g/mol. The fraction of sp³-hybridized carbons (Fsp3) is 0.611. The summed E-state index contributed by atoms with van der Waals surface area (Å²) >= 11 is 0. The SMILES string of the molecule is CCN(CCNC(=NC)NCCc1ccccc1OC)C1CC1.I. The lowest BCUT2D eigenvalue weighted by atomic mass is 10.1. The number of halogens is 1. The Morgan fingerprint density at radius 1 is 1.25 bits per heavy atom. The largest absolute Gasteiger partial charge is 0.496 e. The van der Waals surface area contributed by atoms with E-state index in [0.29, 0.717) is 0 Å². The number of nitrogens with zero attached hydrogens (tertiary/aromatic N) is 2. The van der Waals surface area contributed by atoms with Crippen LogP contribution >= 0.6 is 24.0 Å². The zero-order valence-corrected chi connectivity index (χ0v) is 17.4. The van der Waals surface area contributed by atoms with Crippen LogP contribution in [0.1, 0.15) is 25.3 Å². The van der Waals surface area contributed by atoms with Crippen molar-refractivity contribution in [3.05, 3.63) is 29.8 Å². The lowest BCUT2D eigenvalue weighted by Gasteiger charge is -2.20. The Morgan fingerprint density at radius 2 is 1.96 bits per heavy atom. The van der Waals surface area contributed by atoms with Crippen molar-refractivity contribution in [2.45, 2.75) is 32.2 Å². The number of benzene rings is 1. The number of rotatable bonds is 9. The minimum absolute atomic E-state index is 0. The standard InChI is InChI=1S/C18H30N4O.HI/c1-4-22(16-9-10-16)14-13-21-18(19-2)20-12-11-15-7-5-6-8-17(15)23-3;/h5-8,16H,4,9-14H2,1-3H3,(H2,19,20,21);1H. The van der Waals surface area contributed by atoms with Gasteiger partial charge in [-0.2, -0.15) is 0 Å². The highest BCUT2D eigenvalue weighted by molar-refractivity contribution is 14.0. The summed E-state index contributed by atoms with van der Waals surface area (Å²) in [5, 5.41) is 6.77. The molecule has 5 nitrogen and oxygen atoms in total. The summed E-state index contributed by atoms with van der Waals surface area (Å²) in [6, 6.07) is 8.96. The van der Waals surface area contributed by atoms with Gasteiger partial charge in [0.15, 0.2) is 5.96 Å². The van der Waals surface area contributed by atoms with Crippen molar-refractivity contribution in [2.75, 3.05) is 40.3 Å². The molecule has 0 heterocycles. The Balaban J connectivity index is 0.00000288. The van der Waals surface area contributed by atoms with E-state index in [-0.39, 0.29) is 24.0 Å². The van der Waals surface area contributed by atoms with Gasteiger partial charge >= 0.3 is 0 Å². The average Bonchev–Trinajstić information content (AvgIpc) is 3.42. The van der Waals surface area contributed by atoms with Gasteiger partial charge < -0.3 is 15.4 Å². The van der Waals surface area contributed by atoms with Crippen molar-refractivity contribution >= 4 is 29.9 Å². The number of ether oxygens (including phenoxy) is 1. The molecule has 1 saturated carbocycles. The molecule has 1 aliphatic carbocycles. The van der Waals surface area contributed by atoms with Crippen molar-refractivity contribution < 1.29 is 4.74 Å². The van der Waals surface area contributed by atoms with E-state index < -0.39 is 0 Å². The van der Waals surface area contributed by atoms with Gasteiger partial charge in [0.25, 0.3) is 0 Å². The molecule has 0 aliphatic heterocycles. The first-order chi connectivity index (χ1) is 11.3. The van der Waals surface area contributed by atoms with Gasteiger partial charge in [0.1, 0.15) is 5.75 Å². The molecule has 0 amide bonds. The lowest BCUT2D eigenvalue weighted by molar-refractivity contribution is 0.282. The van der Waals surface area contributed by atoms with E-state index in [0.717, 1.165) is 50.4 Å². The normalized spacial score (nSPS) is 14.2. The van der Waals surface area contributed by atoms with Gasteiger partial charge in [-0.3, -0.25) is 9.89 Å². The smallest absolute Gasteiger partial charge is 0.191 e. The zero-order valence-electron chi connectivity index (χ0n) is 15.0. The molecule has 2 rings (SSSR count). The molecular formula is C18H31IN4O. The number of hydrogen-bond donors (Lipinski definition) is 2. The van der Waals surface area contributed by atoms with E-state index >= 15 is 0 Å². The second-order valence-electron chi connectivity index (χ2n) is 5.85. The molecule has 2 N–H and O–H groups in total. The molecule has 24 heavy (non-hydrogen) atoms. The van der Waals surface area contributed by atoms with Gasteiger partial charge in [-0.15, -0.1) is 24.0 Å². The van der Waals surface area contributed by atoms with Crippen LogP contribution < -0.4 is 15.4 Å². The minimum atomic E-state index is 0. The predicted octanol–water partition coefficient (Wildman–Crippen LogP) is 2.51. The van der Waals surface area contributed by atoms with E-state index in [1.807, 2.05) is 25.2 Å². The second kappa shape index (κ2) is 11.5. The Bertz CT molecular complexity index is 506. The van der Waals surface area contributed by atoms with Gasteiger partial charge in [0.05, 0.1) is 7.11 Å². The Hall–Kier alpha value is -1.02. The molecule has 136 valence electrons. The van der Waals surface area contributed by atoms with Gasteiger partial charge in [-0.05, 0) is 37.4 Å². The third-order valence-corrected chi connectivity index (χ3v) is 4.26. The highest BCUT2D eigenvalue weighted by Gasteiger charge is 2.27. The fourth-order valence-electron chi connectivity index (χ4n) is 2.80. The molecule has 1 aromatic carbocycles. The summed E-state index contributed by atoms with van der Waals surface area (Å²) in [6.45, 7) is 6.21. The maximum atomic E-state index is 5.38. The van der Waals surface area contributed by atoms with Gasteiger partial charge in [0.2, 0.25) is 0 Å². The van der Waals surface area contributed by atoms with Gasteiger partial charge in [-0.1, -0.05) is 25.1 Å². The number of hydrogen-bond acceptors (Lipinski definition) is 3. The molecule has 0 spiro atoms. The van der Waals surface area contributed by atoms with E-state index in [1.165, 1.54) is 18.4 Å². The average molecular weight is 446 g/mol. The lowest BCUT2D eigenvalue weighted by Crippen LogP contribution is -2.42. The molecule has 0 radical (unpaired) electrons. The quantitative estimate of drug-likeness (QED) is 0.348. The van der Waals surface area contributed by atoms with Crippen LogP contribution in [0.3, 0.4) is 0 Å². The van der Waals surface area contributed by atoms with Crippen molar-refractivity contribution in [3.8, 4) is 5.75 Å². The molecular weight excluding hydrogens is 415 g/mol. The molecule has 0 aromatic heterocycles. The third-order valence-electron chi connectivity index (χ3n) is 4.26. The van der Waals surface area contributed by atoms with E-state index in [9.17, 15) is 0 Å². The number of aliphatic imine (C=N–C) groups is 1. The summed E-state index contributed by atoms with van der Waals surface area (Å²) < 4.78 is 5.38. The number of likely N-dealkylation sites (N-methyl/N-ethyl adjacent to an activating group) is 1. The first-order valence-electron chi connectivity index (χ1n) is 8.59. The van der Waals surface area contributed by atoms with Crippen LogP contribution in [0.5, 0.6) is 5.75 Å². The summed E-state index contributed by atoms with van der Waals surface area (Å²) in [4.78, 5) is 6.83. The number of nitrogens with one attached hydrogen (secondary N) is 2. The first kappa shape index (κ1) is 21.0. The molecule has 0 unspecified atom stereocenters. The van der Waals surface area contributed by atoms with Crippen LogP contribution in [0.15, 0.2) is 29.3 Å². The second-order valence-corrected chi connectivity index (χ2v) is 5.85. The first-order valence-corrected chi connectivity index (χ1v) is 8.59. The molecule has 1 aliphatic rings. The molecule has 0 saturated heterocycles. The highest BCUT2D eigenvalue weighted by atomic mass is 127. The van der Waals surface area contributed by atoms with Crippen LogP contribution in [0.4, 0.5) is 0 Å². The van der Waals surface area contributed by atoms with Crippen LogP contribution in [0, 0.1) is 0 Å². The van der Waals surface area contributed by atoms with Gasteiger partial charge in [-0.25, -0.2) is 0 Å². The summed E-state index contributed by atoms with van der Waals surface area (Å²) in [5.74, 6) is 1.81. The molecule has 0 bridgehead atoms. The van der Waals surface area contributed by atoms with E-state index in [4.69, 9.17) is 4.74 Å². The van der Waals surface area contributed by atoms with E-state index in [2.05, 4.69) is 33.5 Å². The zero-order chi connectivity index (χ0) is 16.5. The van der Waals surface area contributed by atoms with Crippen molar-refractivity contribution in [2.24, 2.45) is 4.99 Å². The van der Waals surface area contributed by atoms with Crippen LogP contribution in [0.25, 0.3) is 0 Å². The number of para-hydroxylation sites is 1.